The van der Waals surface area contributed by atoms with Crippen molar-refractivity contribution in [1.29, 1.82) is 0 Å². The van der Waals surface area contributed by atoms with Gasteiger partial charge in [0.1, 0.15) is 5.75 Å². The van der Waals surface area contributed by atoms with Crippen LogP contribution in [0.15, 0.2) is 96.6 Å². The molecule has 5 heteroatoms. The number of allylic oxidation sites excluding steroid dienone is 2. The number of likely N-dealkylation sites (tertiary alicyclic amines) is 1. The molecule has 0 bridgehead atoms. The molecule has 1 saturated heterocycles. The third-order valence-corrected chi connectivity index (χ3v) is 11.2. The summed E-state index contributed by atoms with van der Waals surface area (Å²) in [5, 5.41) is 10.2. The second kappa shape index (κ2) is 21.6. The Hall–Kier alpha value is -4.92. The lowest BCUT2D eigenvalue weighted by Crippen LogP contribution is -2.45. The highest BCUT2D eigenvalue weighted by Crippen LogP contribution is 2.37. The number of phenols is 1. The van der Waals surface area contributed by atoms with Crippen LogP contribution in [0.1, 0.15) is 100 Å². The predicted molar refractivity (Wildman–Crippen MR) is 241 cm³/mol. The first kappa shape index (κ1) is 43.2. The number of hydrogen-bond donors (Lipinski definition) is 1. The van der Waals surface area contributed by atoms with Crippen molar-refractivity contribution in [2.24, 2.45) is 5.92 Å². The van der Waals surface area contributed by atoms with Crippen LogP contribution in [0.5, 0.6) is 17.2 Å². The van der Waals surface area contributed by atoms with Gasteiger partial charge in [-0.3, -0.25) is 4.90 Å². The third kappa shape index (κ3) is 11.8. The van der Waals surface area contributed by atoms with Crippen LogP contribution in [0.4, 0.5) is 5.69 Å². The monoisotopic (exact) mass is 767 g/mol. The van der Waals surface area contributed by atoms with Crippen molar-refractivity contribution in [2.45, 2.75) is 105 Å². The van der Waals surface area contributed by atoms with E-state index in [9.17, 15) is 5.11 Å². The van der Waals surface area contributed by atoms with Gasteiger partial charge in [-0.25, -0.2) is 0 Å². The van der Waals surface area contributed by atoms with Crippen LogP contribution >= 0.6 is 0 Å². The van der Waals surface area contributed by atoms with Crippen molar-refractivity contribution in [3.63, 3.8) is 0 Å². The molecule has 5 rings (SSSR count). The largest absolute Gasteiger partial charge is 0.508 e. The zero-order valence-electron chi connectivity index (χ0n) is 35.7. The molecule has 0 saturated carbocycles. The molecule has 302 valence electrons. The number of ether oxygens (including phenoxy) is 2. The van der Waals surface area contributed by atoms with Gasteiger partial charge in [0.05, 0.1) is 19.8 Å². The Labute approximate surface area is 344 Å². The molecule has 1 heterocycles. The summed E-state index contributed by atoms with van der Waals surface area (Å²) in [4.78, 5) is 5.16. The van der Waals surface area contributed by atoms with E-state index in [2.05, 4.69) is 105 Å². The van der Waals surface area contributed by atoms with E-state index in [1.165, 1.54) is 42.4 Å². The van der Waals surface area contributed by atoms with Gasteiger partial charge in [0.15, 0.2) is 11.5 Å². The molecule has 0 amide bonds. The van der Waals surface area contributed by atoms with Crippen molar-refractivity contribution in [1.82, 2.24) is 4.90 Å². The highest BCUT2D eigenvalue weighted by molar-refractivity contribution is 5.72. The Kier molecular flexibility index (Phi) is 16.3. The summed E-state index contributed by atoms with van der Waals surface area (Å²) >= 11 is 0. The average molecular weight is 767 g/mol. The molecule has 0 radical (unpaired) electrons. The van der Waals surface area contributed by atoms with Gasteiger partial charge < -0.3 is 19.5 Å². The quantitative estimate of drug-likeness (QED) is 0.0761. The van der Waals surface area contributed by atoms with E-state index in [1.54, 1.807) is 43.0 Å². The van der Waals surface area contributed by atoms with E-state index in [4.69, 9.17) is 15.9 Å². The van der Waals surface area contributed by atoms with E-state index >= 15 is 0 Å². The zero-order valence-corrected chi connectivity index (χ0v) is 35.7. The van der Waals surface area contributed by atoms with E-state index < -0.39 is 0 Å². The summed E-state index contributed by atoms with van der Waals surface area (Å²) in [6.45, 7) is 15.2. The molecule has 0 aliphatic carbocycles. The number of anilines is 1. The number of aryl methyl sites for hydroxylation is 2. The smallest absolute Gasteiger partial charge is 0.176 e. The number of phenolic OH excluding ortho intramolecular Hbond substituents is 1. The summed E-state index contributed by atoms with van der Waals surface area (Å²) in [7, 11) is 3.25. The molecular weight excluding hydrogens is 701 g/mol. The summed E-state index contributed by atoms with van der Waals surface area (Å²) in [5.41, 5.74) is 12.6. The van der Waals surface area contributed by atoms with Gasteiger partial charge in [0, 0.05) is 37.9 Å². The first-order valence-corrected chi connectivity index (χ1v) is 21.3. The van der Waals surface area contributed by atoms with Crippen LogP contribution < -0.4 is 14.4 Å². The molecule has 0 spiro atoms. The summed E-state index contributed by atoms with van der Waals surface area (Å²) in [6.07, 6.45) is 23.3. The number of aromatic hydroxyl groups is 1. The number of methoxy groups -OCH3 is 2. The van der Waals surface area contributed by atoms with Gasteiger partial charge in [-0.1, -0.05) is 108 Å². The van der Waals surface area contributed by atoms with Gasteiger partial charge in [0.2, 0.25) is 0 Å². The Morgan fingerprint density at radius 3 is 2.14 bits per heavy atom. The average Bonchev–Trinajstić information content (AvgIpc) is 3.22. The van der Waals surface area contributed by atoms with Crippen LogP contribution in [0.3, 0.4) is 0 Å². The lowest BCUT2D eigenvalue weighted by Gasteiger charge is -2.40. The van der Waals surface area contributed by atoms with E-state index in [0.29, 0.717) is 29.0 Å². The standard InChI is InChI=1S/C52H66N2O3/c1-9-14-44-31-40(32-45(15-10-2)50(44)16-11-3)22-21-39(20-19-38(5)6)36-53-29-27-48(28-30-53)54(47-23-25-49(55)26-24-47)37-41-17-13-18-43(33-41)46-34-42(12-4)52(57-8)51(35-46)56-7/h4,13,17-21,23-26,31-35,38,48,55H,9-11,14-16,22,27-30,36-37H2,1-3,5-8H3/b20-19-,39-21+. The molecule has 0 unspecified atom stereocenters. The molecule has 1 fully saturated rings. The molecule has 57 heavy (non-hydrogen) atoms. The fourth-order valence-corrected chi connectivity index (χ4v) is 8.30. The van der Waals surface area contributed by atoms with Crippen LogP contribution in [-0.2, 0) is 32.2 Å². The molecule has 1 N–H and O–H groups in total. The molecular formula is C52H66N2O3. The second-order valence-corrected chi connectivity index (χ2v) is 16.0. The minimum atomic E-state index is 0.280. The third-order valence-electron chi connectivity index (χ3n) is 11.2. The molecule has 1 aliphatic rings. The van der Waals surface area contributed by atoms with Gasteiger partial charge in [-0.15, -0.1) is 6.42 Å². The fraction of sp³-hybridized carbons (Fsp3) is 0.423. The molecule has 0 atom stereocenters. The Morgan fingerprint density at radius 1 is 0.860 bits per heavy atom. The lowest BCUT2D eigenvalue weighted by molar-refractivity contribution is 0.224. The molecule has 0 aromatic heterocycles. The summed E-state index contributed by atoms with van der Waals surface area (Å²) < 4.78 is 11.2. The van der Waals surface area contributed by atoms with E-state index in [1.807, 2.05) is 24.3 Å². The topological polar surface area (TPSA) is 45.2 Å². The number of hydrogen-bond acceptors (Lipinski definition) is 5. The van der Waals surface area contributed by atoms with E-state index in [-0.39, 0.29) is 5.75 Å². The normalized spacial score (nSPS) is 14.0. The van der Waals surface area contributed by atoms with Crippen molar-refractivity contribution in [2.75, 3.05) is 38.8 Å². The van der Waals surface area contributed by atoms with Crippen LogP contribution in [0.25, 0.3) is 11.1 Å². The number of rotatable bonds is 19. The van der Waals surface area contributed by atoms with Crippen LogP contribution in [0, 0.1) is 18.3 Å². The maximum absolute atomic E-state index is 10.2. The van der Waals surface area contributed by atoms with Crippen LogP contribution in [0.2, 0.25) is 0 Å². The molecule has 4 aromatic carbocycles. The first-order valence-electron chi connectivity index (χ1n) is 21.3. The van der Waals surface area contributed by atoms with Gasteiger partial charge in [0.25, 0.3) is 0 Å². The maximum atomic E-state index is 10.2. The number of nitrogens with zero attached hydrogens (tertiary/aromatic N) is 2. The first-order chi connectivity index (χ1) is 27.7. The van der Waals surface area contributed by atoms with Gasteiger partial charge in [-0.2, -0.15) is 0 Å². The van der Waals surface area contributed by atoms with Gasteiger partial charge >= 0.3 is 0 Å². The summed E-state index contributed by atoms with van der Waals surface area (Å²) in [5.74, 6) is 4.73. The number of piperidine rings is 1. The van der Waals surface area contributed by atoms with Gasteiger partial charge in [-0.05, 0) is 131 Å². The molecule has 1 aliphatic heterocycles. The maximum Gasteiger partial charge on any atom is 0.176 e. The zero-order chi connectivity index (χ0) is 40.7. The highest BCUT2D eigenvalue weighted by atomic mass is 16.5. The Morgan fingerprint density at radius 2 is 1.54 bits per heavy atom. The SMILES string of the molecule is C#Cc1cc(-c2cccc(CN(c3ccc(O)cc3)C3CCN(CC(/C=C\C(C)C)=C/Cc4cc(CCC)c(CCC)c(CCC)c4)CC3)c2)cc(OC)c1OC. The second-order valence-electron chi connectivity index (χ2n) is 16.0. The minimum Gasteiger partial charge on any atom is -0.508 e. The van der Waals surface area contributed by atoms with Crippen LogP contribution in [-0.4, -0.2) is 49.9 Å². The van der Waals surface area contributed by atoms with Crippen molar-refractivity contribution in [3.05, 3.63) is 130 Å². The lowest BCUT2D eigenvalue weighted by atomic mass is 9.89. The van der Waals surface area contributed by atoms with E-state index in [0.717, 1.165) is 75.1 Å². The predicted octanol–water partition coefficient (Wildman–Crippen LogP) is 11.8. The van der Waals surface area contributed by atoms with Crippen molar-refractivity contribution < 1.29 is 14.6 Å². The number of benzene rings is 4. The molecule has 5 nitrogen and oxygen atoms in total. The minimum absolute atomic E-state index is 0.280. The summed E-state index contributed by atoms with van der Waals surface area (Å²) in [6, 6.07) is 25.7. The Bertz CT molecular complexity index is 1970. The number of terminal acetylenes is 1. The van der Waals surface area contributed by atoms with Crippen molar-refractivity contribution >= 4 is 5.69 Å². The molecule has 4 aromatic rings. The Balaban J connectivity index is 1.34. The highest BCUT2D eigenvalue weighted by Gasteiger charge is 2.26. The van der Waals surface area contributed by atoms with Crippen molar-refractivity contribution in [3.8, 4) is 40.7 Å². The fourth-order valence-electron chi connectivity index (χ4n) is 8.30.